The molecule has 0 saturated heterocycles. The van der Waals surface area contributed by atoms with Crippen molar-refractivity contribution in [3.05, 3.63) is 334 Å². The average molecular weight is 2350 g/mol. The predicted molar refractivity (Wildman–Crippen MR) is 407 cm³/mol. The number of aromatic nitrogens is 14. The Hall–Kier alpha value is -11.1. The van der Waals surface area contributed by atoms with Crippen LogP contribution in [0.15, 0.2) is 310 Å². The van der Waals surface area contributed by atoms with E-state index in [1.54, 1.807) is 53.9 Å². The third-order valence-corrected chi connectivity index (χ3v) is 14.5. The van der Waals surface area contributed by atoms with Crippen LogP contribution in [0, 0.1) is 26.0 Å². The third kappa shape index (κ3) is 28.8. The monoisotopic (exact) mass is 2350 g/mol. The normalized spacial score (nSPS) is 9.66. The first kappa shape index (κ1) is 93.1. The number of nitrogens with zero attached hydrogens (tertiary/aromatic N) is 14. The van der Waals surface area contributed by atoms with Crippen LogP contribution in [0.1, 0.15) is 25.2 Å². The molecule has 6 aromatic carbocycles. The Kier molecular flexibility index (Phi) is 42.8. The Bertz CT molecular complexity index is 4950. The maximum atomic E-state index is 10.1. The number of rotatable bonds is 9. The fraction of sp³-hybridized carbons (Fsp3) is 0.0588. The molecule has 2 radical (unpaired) electrons. The summed E-state index contributed by atoms with van der Waals surface area (Å²) >= 11 is 0. The SMILES string of the molecule is CC(=O)C=C(C)O.C[n+]1c[n-]c(-c2ccccn2)n1.Cc1cc(-c2ccccn2)[n-]n1.Cc1cc(-c2ccccn2)[n-]n1.Oc1ccccc1-c1cccc(-c2cccc(-c3ccccc3O)n2)n1.[CH-]=O.[CH-]=O.[Ir].[Ir].[Os].[Pt+2].[Pt].[c-]1ccccc1-c1nccc2ccccc12.[c-]1ccccc1-c1nccc2ccccc12. The maximum Gasteiger partial charge on any atom is 2.00 e. The number of para-hydroxylation sites is 2. The second-order valence-electron chi connectivity index (χ2n) is 22.2. The van der Waals surface area contributed by atoms with Gasteiger partial charge >= 0.3 is 21.1 Å². The van der Waals surface area contributed by atoms with E-state index in [2.05, 4.69) is 115 Å². The fourth-order valence-electron chi connectivity index (χ4n) is 9.89. The van der Waals surface area contributed by atoms with Crippen LogP contribution >= 0.6 is 0 Å². The number of phenolic OH excluding ortho intramolecular Hbond substituents is 2. The van der Waals surface area contributed by atoms with E-state index in [0.717, 1.165) is 62.4 Å². The molecule has 0 spiro atoms. The third-order valence-electron chi connectivity index (χ3n) is 14.5. The van der Waals surface area contributed by atoms with Crippen molar-refractivity contribution in [3.63, 3.8) is 0 Å². The molecule has 0 aliphatic rings. The van der Waals surface area contributed by atoms with Crippen LogP contribution in [0.4, 0.5) is 0 Å². The number of carbonyl (C=O) groups is 1. The van der Waals surface area contributed by atoms with Crippen LogP contribution in [0.2, 0.25) is 0 Å². The zero-order valence-electron chi connectivity index (χ0n) is 59.5. The van der Waals surface area contributed by atoms with E-state index in [9.17, 15) is 15.0 Å². The first-order chi connectivity index (χ1) is 51.3. The summed E-state index contributed by atoms with van der Waals surface area (Å²) in [6, 6.07) is 89.3. The van der Waals surface area contributed by atoms with E-state index in [1.807, 2.05) is 246 Å². The van der Waals surface area contributed by atoms with Gasteiger partial charge in [0.1, 0.15) is 23.5 Å². The van der Waals surface area contributed by atoms with Crippen molar-refractivity contribution in [1.82, 2.24) is 65.4 Å². The van der Waals surface area contributed by atoms with E-state index in [1.165, 1.54) is 41.5 Å². The van der Waals surface area contributed by atoms with Crippen molar-refractivity contribution in [3.8, 4) is 102 Å². The molecule has 0 fully saturated rings. The summed E-state index contributed by atoms with van der Waals surface area (Å²) in [5.41, 5.74) is 14.3. The molecule has 0 bridgehead atoms. The van der Waals surface area contributed by atoms with Crippen LogP contribution in [-0.4, -0.2) is 84.9 Å². The van der Waals surface area contributed by atoms with Gasteiger partial charge in [-0.3, -0.25) is 38.0 Å². The van der Waals surface area contributed by atoms with Crippen molar-refractivity contribution in [2.75, 3.05) is 0 Å². The summed E-state index contributed by atoms with van der Waals surface area (Å²) in [5.74, 6) is 0.978. The molecule has 0 atom stereocenters. The zero-order valence-corrected chi connectivity index (χ0v) is 71.4. The van der Waals surface area contributed by atoms with Crippen molar-refractivity contribution < 1.29 is 137 Å². The van der Waals surface area contributed by atoms with Crippen LogP contribution in [0.25, 0.3) is 112 Å². The molecule has 25 heteroatoms. The smallest absolute Gasteiger partial charge is 0.574 e. The number of pyridine rings is 7. The van der Waals surface area contributed by atoms with E-state index in [4.69, 9.17) is 14.7 Å². The van der Waals surface area contributed by atoms with Crippen molar-refractivity contribution in [1.29, 1.82) is 0 Å². The second-order valence-corrected chi connectivity index (χ2v) is 22.2. The van der Waals surface area contributed by atoms with Gasteiger partial charge in [-0.2, -0.15) is 0 Å². The van der Waals surface area contributed by atoms with E-state index in [-0.39, 0.29) is 125 Å². The molecule has 10 heterocycles. The van der Waals surface area contributed by atoms with Gasteiger partial charge in [-0.05, 0) is 158 Å². The van der Waals surface area contributed by atoms with Gasteiger partial charge in [0.15, 0.2) is 11.6 Å². The van der Waals surface area contributed by atoms with E-state index >= 15 is 0 Å². The molecule has 566 valence electrons. The minimum Gasteiger partial charge on any atom is -0.574 e. The molecule has 0 saturated carbocycles. The molecule has 0 amide bonds. The van der Waals surface area contributed by atoms with Gasteiger partial charge in [0.05, 0.1) is 28.5 Å². The number of hydrogen-bond acceptors (Lipinski definition) is 16. The number of aryl methyl sites for hydroxylation is 3. The van der Waals surface area contributed by atoms with Crippen LogP contribution in [0.5, 0.6) is 11.5 Å². The molecule has 0 unspecified atom stereocenters. The number of aliphatic hydroxyl groups excluding tert-OH is 1. The fourth-order valence-corrected chi connectivity index (χ4v) is 9.89. The first-order valence-electron chi connectivity index (χ1n) is 32.3. The van der Waals surface area contributed by atoms with Crippen LogP contribution in [0.3, 0.4) is 0 Å². The van der Waals surface area contributed by atoms with Crippen molar-refractivity contribution in [2.45, 2.75) is 27.7 Å². The molecule has 10 aromatic heterocycles. The summed E-state index contributed by atoms with van der Waals surface area (Å²) in [7, 11) is 1.83. The molecule has 16 aromatic rings. The predicted octanol–water partition coefficient (Wildman–Crippen LogP) is 15.5. The van der Waals surface area contributed by atoms with Gasteiger partial charge in [0, 0.05) is 159 Å². The maximum absolute atomic E-state index is 10.1. The van der Waals surface area contributed by atoms with Gasteiger partial charge in [0.25, 0.3) is 0 Å². The number of carbonyl (C=O) groups excluding carboxylic acids is 3. The van der Waals surface area contributed by atoms with Gasteiger partial charge in [0.2, 0.25) is 0 Å². The molecule has 0 aliphatic heterocycles. The largest absolute Gasteiger partial charge is 2.00 e. The molecule has 110 heavy (non-hydrogen) atoms. The molecular formula is C85H70Ir2N14O6OsPt2-4. The van der Waals surface area contributed by atoms with Gasteiger partial charge < -0.3 is 55.3 Å². The van der Waals surface area contributed by atoms with Crippen molar-refractivity contribution in [2.24, 2.45) is 7.05 Å². The summed E-state index contributed by atoms with van der Waals surface area (Å²) in [6.45, 7) is 13.2. The minimum absolute atomic E-state index is 0. The number of aliphatic hydroxyl groups is 1. The summed E-state index contributed by atoms with van der Waals surface area (Å²) in [6.07, 6.45) is 11.7. The standard InChI is InChI=1S/C22H16N2O2.2C15H10N.2C9H8N3.C8H8N4.C5H8O2.2CHO.2Ir.Os.2Pt/c25-21-13-3-1-7-15(21)17-9-5-11-19(23-17)20-12-6-10-18(24-20)16-8-2-4-14-22(16)26;2*1-2-7-13(8-3-1)15-14-9-5-4-6-12(14)10-11-16-15;2*1-7-6-9(12-11-7)8-4-2-3-5-10-8;1-12-6-10-8(11-12)7-4-2-3-5-9-7;1-4(6)3-5(2)7;2*1-2;;;;;/h1-14,25-26H;2*1-7,9-11H;3*2-6H,1H3;3,6H,1-2H3;2*1H;;;;;/q;4*-1;;;2*-1;;;;;+2. The van der Waals surface area contributed by atoms with Crippen LogP contribution < -0.4 is 19.9 Å². The minimum atomic E-state index is -0.125. The molecule has 16 rings (SSSR count). The Labute approximate surface area is 706 Å². The number of benzene rings is 6. The Morgan fingerprint density at radius 1 is 0.455 bits per heavy atom. The van der Waals surface area contributed by atoms with Gasteiger partial charge in [-0.25, -0.2) is 15.0 Å². The summed E-state index contributed by atoms with van der Waals surface area (Å²) in [5, 5.41) is 53.1. The topological polar surface area (TPSA) is 287 Å². The average Bonchev–Trinajstić information content (AvgIpc) is 0.952. The number of ketones is 1. The Morgan fingerprint density at radius 3 is 1.16 bits per heavy atom. The quantitative estimate of drug-likeness (QED) is 0.0398. The second kappa shape index (κ2) is 50.5. The number of fused-ring (bicyclic) bond motifs is 2. The Balaban J connectivity index is 0.000000337. The number of aromatic hydroxyl groups is 2. The molecule has 20 nitrogen and oxygen atoms in total. The molecular weight excluding hydrogens is 2280 g/mol. The summed E-state index contributed by atoms with van der Waals surface area (Å²) < 4.78 is 1.66. The van der Waals surface area contributed by atoms with Gasteiger partial charge in [-0.15, -0.1) is 76.9 Å². The first-order valence-corrected chi connectivity index (χ1v) is 32.3. The number of phenols is 2. The van der Waals surface area contributed by atoms with E-state index in [0.29, 0.717) is 39.7 Å². The van der Waals surface area contributed by atoms with E-state index < -0.39 is 0 Å². The number of hydrogen-bond donors (Lipinski definition) is 3. The summed E-state index contributed by atoms with van der Waals surface area (Å²) in [4.78, 5) is 60.2. The number of allylic oxidation sites excluding steroid dienone is 2. The molecule has 3 N–H and O–H groups in total. The van der Waals surface area contributed by atoms with Crippen LogP contribution in [-0.2, 0) is 124 Å². The van der Waals surface area contributed by atoms with Gasteiger partial charge in [-0.1, -0.05) is 127 Å². The molecule has 0 aliphatic carbocycles. The Morgan fingerprint density at radius 2 is 0.827 bits per heavy atom. The van der Waals surface area contributed by atoms with Crippen molar-refractivity contribution >= 4 is 40.9 Å². The zero-order chi connectivity index (χ0) is 74.6.